The van der Waals surface area contributed by atoms with Gasteiger partial charge in [-0.25, -0.2) is 8.78 Å². The van der Waals surface area contributed by atoms with Gasteiger partial charge in [-0.3, -0.25) is 4.79 Å². The number of ether oxygens (including phenoxy) is 1. The maximum atomic E-state index is 13.2. The quantitative estimate of drug-likeness (QED) is 0.647. The molecule has 0 unspecified atom stereocenters. The molecular weight excluding hydrogens is 190 g/mol. The molecule has 0 spiro atoms. The van der Waals surface area contributed by atoms with Gasteiger partial charge in [0.05, 0.1) is 0 Å². The lowest BCUT2D eigenvalue weighted by Gasteiger charge is -2.10. The molecule has 0 saturated carbocycles. The van der Waals surface area contributed by atoms with Crippen molar-refractivity contribution in [3.63, 3.8) is 0 Å². The first-order chi connectivity index (χ1) is 6.66. The topological polar surface area (TPSA) is 26.3 Å². The van der Waals surface area contributed by atoms with Crippen molar-refractivity contribution >= 4 is 5.97 Å². The zero-order valence-corrected chi connectivity index (χ0v) is 7.30. The van der Waals surface area contributed by atoms with Crippen molar-refractivity contribution in [1.82, 2.24) is 0 Å². The molecule has 2 rings (SSSR count). The van der Waals surface area contributed by atoms with Crippen molar-refractivity contribution < 1.29 is 18.3 Å². The van der Waals surface area contributed by atoms with Crippen molar-refractivity contribution in [3.05, 3.63) is 35.4 Å². The highest BCUT2D eigenvalue weighted by Crippen LogP contribution is 2.31. The summed E-state index contributed by atoms with van der Waals surface area (Å²) in [6.45, 7) is 0. The van der Waals surface area contributed by atoms with Crippen LogP contribution in [-0.2, 0) is 9.53 Å². The fourth-order valence-corrected chi connectivity index (χ4v) is 1.51. The van der Waals surface area contributed by atoms with E-state index in [1.54, 1.807) is 0 Å². The summed E-state index contributed by atoms with van der Waals surface area (Å²) in [7, 11) is 0. The summed E-state index contributed by atoms with van der Waals surface area (Å²) in [5.41, 5.74) is 0.121. The fraction of sp³-hybridized carbons (Fsp3) is 0.300. The molecule has 0 radical (unpaired) electrons. The molecule has 74 valence electrons. The maximum Gasteiger partial charge on any atom is 0.306 e. The molecule has 1 saturated heterocycles. The minimum Gasteiger partial charge on any atom is -0.457 e. The number of cyclic esters (lactones) is 1. The number of carbonyl (C=O) groups excluding carboxylic acids is 1. The summed E-state index contributed by atoms with van der Waals surface area (Å²) in [4.78, 5) is 10.8. The molecule has 4 heteroatoms. The molecule has 1 heterocycles. The molecular formula is C10H8F2O2. The van der Waals surface area contributed by atoms with Crippen LogP contribution in [0.25, 0.3) is 0 Å². The Morgan fingerprint density at radius 2 is 2.14 bits per heavy atom. The standard InChI is InChI=1S/C10H8F2O2/c11-6-1-2-8(12)7(5-6)9-3-4-10(13)14-9/h1-2,5,9H,3-4H2/t9-/m1/s1. The molecule has 1 aliphatic heterocycles. The summed E-state index contributed by atoms with van der Waals surface area (Å²) in [6.07, 6.45) is 0.0537. The SMILES string of the molecule is O=C1CC[C@H](c2cc(F)ccc2F)O1. The maximum absolute atomic E-state index is 13.2. The van der Waals surface area contributed by atoms with E-state index >= 15 is 0 Å². The van der Waals surface area contributed by atoms with Crippen LogP contribution in [0.2, 0.25) is 0 Å². The second-order valence-corrected chi connectivity index (χ2v) is 3.18. The van der Waals surface area contributed by atoms with Crippen LogP contribution in [-0.4, -0.2) is 5.97 Å². The third-order valence-electron chi connectivity index (χ3n) is 2.19. The number of rotatable bonds is 1. The second kappa shape index (κ2) is 3.36. The van der Waals surface area contributed by atoms with E-state index in [0.29, 0.717) is 6.42 Å². The average molecular weight is 198 g/mol. The number of benzene rings is 1. The number of halogens is 2. The van der Waals surface area contributed by atoms with Crippen molar-refractivity contribution in [1.29, 1.82) is 0 Å². The van der Waals surface area contributed by atoms with Crippen LogP contribution < -0.4 is 0 Å². The smallest absolute Gasteiger partial charge is 0.306 e. The van der Waals surface area contributed by atoms with Crippen LogP contribution >= 0.6 is 0 Å². The van der Waals surface area contributed by atoms with Crippen molar-refractivity contribution in [2.45, 2.75) is 18.9 Å². The van der Waals surface area contributed by atoms with Crippen LogP contribution in [0.4, 0.5) is 8.78 Å². The average Bonchev–Trinajstić information content (AvgIpc) is 2.56. The van der Waals surface area contributed by atoms with Crippen molar-refractivity contribution in [2.24, 2.45) is 0 Å². The van der Waals surface area contributed by atoms with Gasteiger partial charge in [0.25, 0.3) is 0 Å². The molecule has 0 N–H and O–H groups in total. The van der Waals surface area contributed by atoms with Crippen LogP contribution in [0.1, 0.15) is 24.5 Å². The minimum atomic E-state index is -0.627. The van der Waals surface area contributed by atoms with Crippen molar-refractivity contribution in [3.8, 4) is 0 Å². The van der Waals surface area contributed by atoms with Gasteiger partial charge in [0, 0.05) is 12.0 Å². The molecule has 1 aliphatic rings. The van der Waals surface area contributed by atoms with E-state index in [9.17, 15) is 13.6 Å². The van der Waals surface area contributed by atoms with E-state index in [1.165, 1.54) is 0 Å². The highest BCUT2D eigenvalue weighted by atomic mass is 19.1. The Hall–Kier alpha value is -1.45. The van der Waals surface area contributed by atoms with E-state index < -0.39 is 17.7 Å². The lowest BCUT2D eigenvalue weighted by atomic mass is 10.1. The molecule has 0 aliphatic carbocycles. The zero-order chi connectivity index (χ0) is 10.1. The minimum absolute atomic E-state index is 0.121. The fourth-order valence-electron chi connectivity index (χ4n) is 1.51. The van der Waals surface area contributed by atoms with Gasteiger partial charge in [-0.1, -0.05) is 0 Å². The van der Waals surface area contributed by atoms with E-state index in [4.69, 9.17) is 4.74 Å². The van der Waals surface area contributed by atoms with Crippen LogP contribution in [0.5, 0.6) is 0 Å². The normalized spacial score (nSPS) is 21.0. The van der Waals surface area contributed by atoms with Gasteiger partial charge < -0.3 is 4.74 Å². The predicted molar refractivity (Wildman–Crippen MR) is 44.4 cm³/mol. The number of esters is 1. The second-order valence-electron chi connectivity index (χ2n) is 3.18. The van der Waals surface area contributed by atoms with Gasteiger partial charge in [0.2, 0.25) is 0 Å². The summed E-state index contributed by atoms with van der Waals surface area (Å²) in [6, 6.07) is 3.14. The van der Waals surface area contributed by atoms with Crippen LogP contribution in [0.3, 0.4) is 0 Å². The lowest BCUT2D eigenvalue weighted by molar-refractivity contribution is -0.141. The Balaban J connectivity index is 2.31. The van der Waals surface area contributed by atoms with E-state index in [2.05, 4.69) is 0 Å². The van der Waals surface area contributed by atoms with Gasteiger partial charge in [-0.2, -0.15) is 0 Å². The predicted octanol–water partition coefficient (Wildman–Crippen LogP) is 2.34. The first kappa shape index (κ1) is 9.12. The van der Waals surface area contributed by atoms with Crippen LogP contribution in [0.15, 0.2) is 18.2 Å². The number of hydrogen-bond acceptors (Lipinski definition) is 2. The Kier molecular flexibility index (Phi) is 2.19. The number of carbonyl (C=O) groups is 1. The van der Waals surface area contributed by atoms with Crippen molar-refractivity contribution in [2.75, 3.05) is 0 Å². The highest BCUT2D eigenvalue weighted by Gasteiger charge is 2.27. The lowest BCUT2D eigenvalue weighted by Crippen LogP contribution is -2.01. The van der Waals surface area contributed by atoms with Crippen LogP contribution in [0, 0.1) is 11.6 Å². The zero-order valence-electron chi connectivity index (χ0n) is 7.30. The molecule has 0 aromatic heterocycles. The monoisotopic (exact) mass is 198 g/mol. The van der Waals surface area contributed by atoms with Gasteiger partial charge in [0.1, 0.15) is 17.7 Å². The van der Waals surface area contributed by atoms with Gasteiger partial charge in [-0.15, -0.1) is 0 Å². The van der Waals surface area contributed by atoms with E-state index in [1.807, 2.05) is 0 Å². The Labute approximate surface area is 79.5 Å². The summed E-state index contributed by atoms with van der Waals surface area (Å²) in [5.74, 6) is -1.42. The Morgan fingerprint density at radius 3 is 2.79 bits per heavy atom. The van der Waals surface area contributed by atoms with Gasteiger partial charge in [0.15, 0.2) is 0 Å². The third-order valence-corrected chi connectivity index (χ3v) is 2.19. The Bertz CT molecular complexity index is 376. The molecule has 14 heavy (non-hydrogen) atoms. The first-order valence-corrected chi connectivity index (χ1v) is 4.31. The molecule has 0 bridgehead atoms. The molecule has 2 nitrogen and oxygen atoms in total. The first-order valence-electron chi connectivity index (χ1n) is 4.31. The molecule has 1 atom stereocenters. The molecule has 1 fully saturated rings. The van der Waals surface area contributed by atoms with E-state index in [-0.39, 0.29) is 18.0 Å². The summed E-state index contributed by atoms with van der Waals surface area (Å²) in [5, 5.41) is 0. The molecule has 1 aromatic carbocycles. The largest absolute Gasteiger partial charge is 0.457 e. The Morgan fingerprint density at radius 1 is 1.36 bits per heavy atom. The van der Waals surface area contributed by atoms with Gasteiger partial charge in [-0.05, 0) is 24.6 Å². The van der Waals surface area contributed by atoms with Gasteiger partial charge >= 0.3 is 5.97 Å². The number of hydrogen-bond donors (Lipinski definition) is 0. The molecule has 1 aromatic rings. The van der Waals surface area contributed by atoms with E-state index in [0.717, 1.165) is 18.2 Å². The summed E-state index contributed by atoms with van der Waals surface area (Å²) >= 11 is 0. The molecule has 0 amide bonds. The summed E-state index contributed by atoms with van der Waals surface area (Å²) < 4.78 is 30.8. The third kappa shape index (κ3) is 1.60. The highest BCUT2D eigenvalue weighted by molar-refractivity contribution is 5.71.